The molecule has 1 aromatic carbocycles. The van der Waals surface area contributed by atoms with Crippen molar-refractivity contribution in [3.8, 4) is 11.6 Å². The van der Waals surface area contributed by atoms with E-state index in [2.05, 4.69) is 43.5 Å². The summed E-state index contributed by atoms with van der Waals surface area (Å²) in [6.07, 6.45) is 1.70. The van der Waals surface area contributed by atoms with Crippen LogP contribution < -0.4 is 4.74 Å². The van der Waals surface area contributed by atoms with Crippen molar-refractivity contribution in [2.75, 3.05) is 0 Å². The van der Waals surface area contributed by atoms with Gasteiger partial charge in [0.25, 0.3) is 0 Å². The zero-order chi connectivity index (χ0) is 10.7. The van der Waals surface area contributed by atoms with E-state index in [0.717, 1.165) is 13.8 Å². The lowest BCUT2D eigenvalue weighted by Crippen LogP contribution is -1.88. The van der Waals surface area contributed by atoms with Crippen LogP contribution in [0.25, 0.3) is 0 Å². The number of benzene rings is 1. The van der Waals surface area contributed by atoms with Crippen LogP contribution >= 0.6 is 38.5 Å². The van der Waals surface area contributed by atoms with Crippen LogP contribution in [0.3, 0.4) is 0 Å². The lowest BCUT2D eigenvalue weighted by Gasteiger charge is -2.05. The number of rotatable bonds is 2. The first-order chi connectivity index (χ1) is 7.25. The van der Waals surface area contributed by atoms with E-state index < -0.39 is 0 Å². The standard InChI is InChI=1S/C11H7BrINO/c12-10-5-2-6-14-11(10)15-9-4-1-3-8(13)7-9/h1-7H. The molecule has 0 aliphatic rings. The van der Waals surface area contributed by atoms with Gasteiger partial charge in [0.1, 0.15) is 5.75 Å². The molecule has 0 atom stereocenters. The maximum atomic E-state index is 5.63. The van der Waals surface area contributed by atoms with E-state index in [-0.39, 0.29) is 0 Å². The molecule has 1 aromatic heterocycles. The number of pyridine rings is 1. The molecular formula is C11H7BrINO. The Morgan fingerprint density at radius 2 is 2.07 bits per heavy atom. The van der Waals surface area contributed by atoms with Crippen LogP contribution in [-0.2, 0) is 0 Å². The molecule has 0 saturated carbocycles. The van der Waals surface area contributed by atoms with Crippen LogP contribution in [0.15, 0.2) is 47.1 Å². The summed E-state index contributed by atoms with van der Waals surface area (Å²) in [6.45, 7) is 0. The van der Waals surface area contributed by atoms with Crippen molar-refractivity contribution in [2.24, 2.45) is 0 Å². The summed E-state index contributed by atoms with van der Waals surface area (Å²) in [6, 6.07) is 11.6. The molecule has 0 aliphatic carbocycles. The van der Waals surface area contributed by atoms with Gasteiger partial charge in [-0.2, -0.15) is 0 Å². The van der Waals surface area contributed by atoms with Gasteiger partial charge in [-0.15, -0.1) is 0 Å². The van der Waals surface area contributed by atoms with Crippen LogP contribution in [0.1, 0.15) is 0 Å². The molecule has 2 aromatic rings. The molecule has 0 fully saturated rings. The number of ether oxygens (including phenoxy) is 1. The fourth-order valence-corrected chi connectivity index (χ4v) is 1.94. The van der Waals surface area contributed by atoms with Gasteiger partial charge in [-0.3, -0.25) is 0 Å². The smallest absolute Gasteiger partial charge is 0.233 e. The maximum Gasteiger partial charge on any atom is 0.233 e. The highest BCUT2D eigenvalue weighted by Crippen LogP contribution is 2.27. The maximum absolute atomic E-state index is 5.63. The van der Waals surface area contributed by atoms with E-state index in [4.69, 9.17) is 4.74 Å². The van der Waals surface area contributed by atoms with Gasteiger partial charge >= 0.3 is 0 Å². The van der Waals surface area contributed by atoms with Gasteiger partial charge in [-0.25, -0.2) is 4.98 Å². The summed E-state index contributed by atoms with van der Waals surface area (Å²) in [5.41, 5.74) is 0. The molecular weight excluding hydrogens is 369 g/mol. The largest absolute Gasteiger partial charge is 0.438 e. The van der Waals surface area contributed by atoms with Crippen molar-refractivity contribution in [2.45, 2.75) is 0 Å². The highest BCUT2D eigenvalue weighted by atomic mass is 127. The molecule has 2 rings (SSSR count). The second-order valence-corrected chi connectivity index (χ2v) is 4.95. The molecule has 0 N–H and O–H groups in total. The summed E-state index contributed by atoms with van der Waals surface area (Å²) in [5, 5.41) is 0. The van der Waals surface area contributed by atoms with E-state index in [1.807, 2.05) is 36.4 Å². The molecule has 0 saturated heterocycles. The highest BCUT2D eigenvalue weighted by Gasteiger charge is 2.02. The first-order valence-electron chi connectivity index (χ1n) is 4.29. The predicted octanol–water partition coefficient (Wildman–Crippen LogP) is 4.24. The summed E-state index contributed by atoms with van der Waals surface area (Å²) in [7, 11) is 0. The van der Waals surface area contributed by atoms with Crippen LogP contribution in [0, 0.1) is 3.57 Å². The highest BCUT2D eigenvalue weighted by molar-refractivity contribution is 14.1. The minimum atomic E-state index is 0.583. The van der Waals surface area contributed by atoms with Crippen LogP contribution in [0.5, 0.6) is 11.6 Å². The normalized spacial score (nSPS) is 10.0. The summed E-state index contributed by atoms with van der Waals surface area (Å²) in [5.74, 6) is 1.38. The Morgan fingerprint density at radius 1 is 1.20 bits per heavy atom. The molecule has 15 heavy (non-hydrogen) atoms. The molecule has 2 nitrogen and oxygen atoms in total. The van der Waals surface area contributed by atoms with Gasteiger partial charge in [-0.1, -0.05) is 6.07 Å². The van der Waals surface area contributed by atoms with E-state index in [0.29, 0.717) is 5.88 Å². The topological polar surface area (TPSA) is 22.1 Å². The Bertz CT molecular complexity index is 476. The summed E-state index contributed by atoms with van der Waals surface area (Å²) < 4.78 is 7.61. The van der Waals surface area contributed by atoms with Crippen LogP contribution in [0.4, 0.5) is 0 Å². The second kappa shape index (κ2) is 4.94. The average Bonchev–Trinajstić information content (AvgIpc) is 2.22. The summed E-state index contributed by atoms with van der Waals surface area (Å²) in [4.78, 5) is 4.13. The van der Waals surface area contributed by atoms with Crippen molar-refractivity contribution < 1.29 is 4.74 Å². The first kappa shape index (κ1) is 10.9. The molecule has 76 valence electrons. The average molecular weight is 376 g/mol. The van der Waals surface area contributed by atoms with Gasteiger partial charge in [0, 0.05) is 9.77 Å². The van der Waals surface area contributed by atoms with Crippen molar-refractivity contribution >= 4 is 38.5 Å². The minimum Gasteiger partial charge on any atom is -0.438 e. The van der Waals surface area contributed by atoms with Crippen molar-refractivity contribution in [1.29, 1.82) is 0 Å². The Kier molecular flexibility index (Phi) is 3.58. The van der Waals surface area contributed by atoms with Crippen molar-refractivity contribution in [3.05, 3.63) is 50.6 Å². The lowest BCUT2D eigenvalue weighted by molar-refractivity contribution is 0.459. The Labute approximate surface area is 110 Å². The third kappa shape index (κ3) is 2.92. The number of halogens is 2. The van der Waals surface area contributed by atoms with Gasteiger partial charge in [0.2, 0.25) is 5.88 Å². The third-order valence-electron chi connectivity index (χ3n) is 1.74. The molecule has 0 aliphatic heterocycles. The van der Waals surface area contributed by atoms with Crippen molar-refractivity contribution in [1.82, 2.24) is 4.98 Å². The molecule has 0 bridgehead atoms. The lowest BCUT2D eigenvalue weighted by atomic mass is 10.3. The van der Waals surface area contributed by atoms with E-state index in [9.17, 15) is 0 Å². The third-order valence-corrected chi connectivity index (χ3v) is 3.01. The fraction of sp³-hybridized carbons (Fsp3) is 0. The monoisotopic (exact) mass is 375 g/mol. The second-order valence-electron chi connectivity index (χ2n) is 2.85. The molecule has 4 heteroatoms. The molecule has 0 unspecified atom stereocenters. The number of hydrogen-bond acceptors (Lipinski definition) is 2. The molecule has 0 radical (unpaired) electrons. The Hall–Kier alpha value is -0.620. The zero-order valence-electron chi connectivity index (χ0n) is 7.65. The van der Waals surface area contributed by atoms with Gasteiger partial charge in [0.15, 0.2) is 0 Å². The number of aromatic nitrogens is 1. The van der Waals surface area contributed by atoms with Crippen LogP contribution in [-0.4, -0.2) is 4.98 Å². The number of nitrogens with zero attached hydrogens (tertiary/aromatic N) is 1. The fourth-order valence-electron chi connectivity index (χ4n) is 1.09. The molecule has 1 heterocycles. The van der Waals surface area contributed by atoms with E-state index in [1.54, 1.807) is 6.20 Å². The Balaban J connectivity index is 2.26. The SMILES string of the molecule is Brc1cccnc1Oc1cccc(I)c1. The van der Waals surface area contributed by atoms with Gasteiger partial charge < -0.3 is 4.74 Å². The Morgan fingerprint density at radius 3 is 2.80 bits per heavy atom. The van der Waals surface area contributed by atoms with Crippen molar-refractivity contribution in [3.63, 3.8) is 0 Å². The zero-order valence-corrected chi connectivity index (χ0v) is 11.4. The van der Waals surface area contributed by atoms with Crippen LogP contribution in [0.2, 0.25) is 0 Å². The predicted molar refractivity (Wildman–Crippen MR) is 71.2 cm³/mol. The van der Waals surface area contributed by atoms with Gasteiger partial charge in [-0.05, 0) is 68.9 Å². The molecule has 0 amide bonds. The summed E-state index contributed by atoms with van der Waals surface area (Å²) >= 11 is 5.63. The van der Waals surface area contributed by atoms with E-state index in [1.165, 1.54) is 0 Å². The quantitative estimate of drug-likeness (QED) is 0.732. The number of hydrogen-bond donors (Lipinski definition) is 0. The van der Waals surface area contributed by atoms with E-state index >= 15 is 0 Å². The molecule has 0 spiro atoms. The first-order valence-corrected chi connectivity index (χ1v) is 6.17. The minimum absolute atomic E-state index is 0.583. The van der Waals surface area contributed by atoms with Gasteiger partial charge in [0.05, 0.1) is 4.47 Å².